The molecule has 0 aromatic heterocycles. The van der Waals surface area contributed by atoms with Crippen LogP contribution >= 0.6 is 0 Å². The van der Waals surface area contributed by atoms with E-state index in [2.05, 4.69) is 24.1 Å². The zero-order chi connectivity index (χ0) is 12.9. The number of unbranched alkanes of at least 4 members (excludes halogenated alkanes) is 3. The number of hydrogen-bond donors (Lipinski definition) is 2. The van der Waals surface area contributed by atoms with Crippen molar-refractivity contribution < 1.29 is 9.59 Å². The van der Waals surface area contributed by atoms with Crippen molar-refractivity contribution in [2.45, 2.75) is 45.4 Å². The van der Waals surface area contributed by atoms with Gasteiger partial charge >= 0.3 is 0 Å². The van der Waals surface area contributed by atoms with Gasteiger partial charge < -0.3 is 10.6 Å². The zero-order valence-electron chi connectivity index (χ0n) is 10.8. The van der Waals surface area contributed by atoms with Crippen LogP contribution in [0.15, 0.2) is 12.7 Å². The van der Waals surface area contributed by atoms with Gasteiger partial charge in [-0.2, -0.15) is 0 Å². The summed E-state index contributed by atoms with van der Waals surface area (Å²) in [4.78, 5) is 22.1. The molecule has 0 fully saturated rings. The van der Waals surface area contributed by atoms with E-state index in [1.807, 2.05) is 0 Å². The fourth-order valence-corrected chi connectivity index (χ4v) is 1.36. The van der Waals surface area contributed by atoms with Crippen LogP contribution in [0.3, 0.4) is 0 Å². The highest BCUT2D eigenvalue weighted by Crippen LogP contribution is 1.99. The average Bonchev–Trinajstić information content (AvgIpc) is 2.33. The van der Waals surface area contributed by atoms with E-state index >= 15 is 0 Å². The molecule has 0 spiro atoms. The second-order valence-electron chi connectivity index (χ2n) is 4.01. The summed E-state index contributed by atoms with van der Waals surface area (Å²) in [6.07, 6.45) is 6.73. The van der Waals surface area contributed by atoms with Gasteiger partial charge in [-0.3, -0.25) is 9.59 Å². The van der Waals surface area contributed by atoms with Crippen molar-refractivity contribution in [3.05, 3.63) is 12.7 Å². The molecular weight excluding hydrogens is 216 g/mol. The molecule has 0 radical (unpaired) electrons. The smallest absolute Gasteiger partial charge is 0.243 e. The molecule has 4 heteroatoms. The molecule has 98 valence electrons. The van der Waals surface area contributed by atoms with E-state index in [9.17, 15) is 9.59 Å². The normalized spacial score (nSPS) is 9.71. The Balaban J connectivity index is 3.24. The van der Waals surface area contributed by atoms with E-state index in [4.69, 9.17) is 0 Å². The highest BCUT2D eigenvalue weighted by molar-refractivity contribution is 5.86. The molecule has 0 saturated carbocycles. The van der Waals surface area contributed by atoms with Crippen molar-refractivity contribution in [2.24, 2.45) is 0 Å². The molecule has 17 heavy (non-hydrogen) atoms. The van der Waals surface area contributed by atoms with Crippen molar-refractivity contribution in [1.82, 2.24) is 10.6 Å². The van der Waals surface area contributed by atoms with Gasteiger partial charge in [0.1, 0.15) is 0 Å². The minimum absolute atomic E-state index is 0.133. The third kappa shape index (κ3) is 11.0. The molecule has 0 bridgehead atoms. The molecule has 4 nitrogen and oxygen atoms in total. The van der Waals surface area contributed by atoms with Crippen LogP contribution in [0.4, 0.5) is 0 Å². The van der Waals surface area contributed by atoms with Crippen molar-refractivity contribution in [1.29, 1.82) is 0 Å². The summed E-state index contributed by atoms with van der Waals surface area (Å²) in [6, 6.07) is 0. The first kappa shape index (κ1) is 15.7. The Morgan fingerprint density at radius 1 is 1.06 bits per heavy atom. The lowest BCUT2D eigenvalue weighted by Gasteiger charge is -2.04. The van der Waals surface area contributed by atoms with Gasteiger partial charge in [0.2, 0.25) is 11.8 Å². The first-order valence-corrected chi connectivity index (χ1v) is 6.37. The molecule has 2 N–H and O–H groups in total. The SMILES string of the molecule is C=CC(=O)NCCCCCC(=O)NCCCC. The maximum absolute atomic E-state index is 11.3. The van der Waals surface area contributed by atoms with Crippen LogP contribution < -0.4 is 10.6 Å². The number of amides is 2. The van der Waals surface area contributed by atoms with Crippen LogP contribution in [-0.2, 0) is 9.59 Å². The summed E-state index contributed by atoms with van der Waals surface area (Å²) in [6.45, 7) is 6.91. The summed E-state index contributed by atoms with van der Waals surface area (Å²) in [5.41, 5.74) is 0. The summed E-state index contributed by atoms with van der Waals surface area (Å²) >= 11 is 0. The highest BCUT2D eigenvalue weighted by Gasteiger charge is 2.00. The van der Waals surface area contributed by atoms with Gasteiger partial charge in [-0.05, 0) is 25.3 Å². The largest absolute Gasteiger partial charge is 0.356 e. The summed E-state index contributed by atoms with van der Waals surface area (Å²) in [5.74, 6) is -0.00381. The molecule has 0 saturated heterocycles. The Labute approximate surface area is 104 Å². The minimum atomic E-state index is -0.137. The molecule has 0 unspecified atom stereocenters. The van der Waals surface area contributed by atoms with Gasteiger partial charge in [0, 0.05) is 19.5 Å². The van der Waals surface area contributed by atoms with Crippen LogP contribution in [0.1, 0.15) is 45.4 Å². The van der Waals surface area contributed by atoms with Crippen LogP contribution in [-0.4, -0.2) is 24.9 Å². The molecular formula is C13H24N2O2. The Morgan fingerprint density at radius 3 is 2.41 bits per heavy atom. The molecule has 0 aliphatic heterocycles. The molecule has 0 rings (SSSR count). The summed E-state index contributed by atoms with van der Waals surface area (Å²) < 4.78 is 0. The maximum atomic E-state index is 11.3. The fraction of sp³-hybridized carbons (Fsp3) is 0.692. The van der Waals surface area contributed by atoms with Crippen molar-refractivity contribution in [3.63, 3.8) is 0 Å². The lowest BCUT2D eigenvalue weighted by Crippen LogP contribution is -2.24. The summed E-state index contributed by atoms with van der Waals surface area (Å²) in [5, 5.41) is 5.58. The minimum Gasteiger partial charge on any atom is -0.356 e. The van der Waals surface area contributed by atoms with Gasteiger partial charge in [0.15, 0.2) is 0 Å². The Hall–Kier alpha value is -1.32. The molecule has 0 aliphatic rings. The van der Waals surface area contributed by atoms with E-state index < -0.39 is 0 Å². The second-order valence-corrected chi connectivity index (χ2v) is 4.01. The monoisotopic (exact) mass is 240 g/mol. The predicted molar refractivity (Wildman–Crippen MR) is 69.6 cm³/mol. The van der Waals surface area contributed by atoms with Gasteiger partial charge in [-0.25, -0.2) is 0 Å². The van der Waals surface area contributed by atoms with Crippen LogP contribution in [0.2, 0.25) is 0 Å². The second kappa shape index (κ2) is 11.2. The lowest BCUT2D eigenvalue weighted by atomic mass is 10.2. The van der Waals surface area contributed by atoms with Crippen LogP contribution in [0.5, 0.6) is 0 Å². The number of carbonyl (C=O) groups is 2. The van der Waals surface area contributed by atoms with E-state index in [0.717, 1.165) is 38.6 Å². The van der Waals surface area contributed by atoms with E-state index in [0.29, 0.717) is 13.0 Å². The Bertz CT molecular complexity index is 240. The van der Waals surface area contributed by atoms with Crippen LogP contribution in [0, 0.1) is 0 Å². The average molecular weight is 240 g/mol. The van der Waals surface area contributed by atoms with E-state index in [1.54, 1.807) is 0 Å². The number of rotatable bonds is 10. The standard InChI is InChI=1S/C13H24N2O2/c1-3-5-10-15-13(17)9-7-6-8-11-14-12(16)4-2/h4H,2-3,5-11H2,1H3,(H,14,16)(H,15,17). The molecule has 2 amide bonds. The third-order valence-corrected chi connectivity index (χ3v) is 2.42. The Kier molecular flexibility index (Phi) is 10.3. The molecule has 0 heterocycles. The summed E-state index contributed by atoms with van der Waals surface area (Å²) in [7, 11) is 0. The van der Waals surface area contributed by atoms with Crippen molar-refractivity contribution in [3.8, 4) is 0 Å². The molecule has 0 aliphatic carbocycles. The predicted octanol–water partition coefficient (Wildman–Crippen LogP) is 1.77. The fourth-order valence-electron chi connectivity index (χ4n) is 1.36. The maximum Gasteiger partial charge on any atom is 0.243 e. The lowest BCUT2D eigenvalue weighted by molar-refractivity contribution is -0.121. The zero-order valence-corrected chi connectivity index (χ0v) is 10.8. The first-order chi connectivity index (χ1) is 8.20. The Morgan fingerprint density at radius 2 is 1.76 bits per heavy atom. The van der Waals surface area contributed by atoms with Crippen molar-refractivity contribution in [2.75, 3.05) is 13.1 Å². The van der Waals surface area contributed by atoms with Crippen molar-refractivity contribution >= 4 is 11.8 Å². The molecule has 0 aromatic rings. The van der Waals surface area contributed by atoms with Gasteiger partial charge in [-0.1, -0.05) is 26.3 Å². The number of nitrogens with one attached hydrogen (secondary N) is 2. The number of hydrogen-bond acceptors (Lipinski definition) is 2. The molecule has 0 atom stereocenters. The van der Waals surface area contributed by atoms with Gasteiger partial charge in [-0.15, -0.1) is 0 Å². The number of carbonyl (C=O) groups excluding carboxylic acids is 2. The quantitative estimate of drug-likeness (QED) is 0.451. The van der Waals surface area contributed by atoms with E-state index in [1.165, 1.54) is 6.08 Å². The van der Waals surface area contributed by atoms with E-state index in [-0.39, 0.29) is 11.8 Å². The van der Waals surface area contributed by atoms with Gasteiger partial charge in [0.05, 0.1) is 0 Å². The van der Waals surface area contributed by atoms with Gasteiger partial charge in [0.25, 0.3) is 0 Å². The first-order valence-electron chi connectivity index (χ1n) is 6.37. The topological polar surface area (TPSA) is 58.2 Å². The third-order valence-electron chi connectivity index (χ3n) is 2.42. The van der Waals surface area contributed by atoms with Crippen LogP contribution in [0.25, 0.3) is 0 Å². The molecule has 0 aromatic carbocycles. The highest BCUT2D eigenvalue weighted by atomic mass is 16.2.